The van der Waals surface area contributed by atoms with Gasteiger partial charge in [-0.25, -0.2) is 4.79 Å². The van der Waals surface area contributed by atoms with Gasteiger partial charge in [-0.15, -0.1) is 0 Å². The number of nitrogens with one attached hydrogen (secondary N) is 1. The van der Waals surface area contributed by atoms with Crippen LogP contribution in [0.2, 0.25) is 0 Å². The molecule has 1 aliphatic rings. The number of benzene rings is 1. The Bertz CT molecular complexity index is 540. The molecule has 1 fully saturated rings. The monoisotopic (exact) mass is 354 g/mol. The molecule has 21 heavy (non-hydrogen) atoms. The number of anilines is 1. The number of aliphatic carboxylic acids is 1. The highest BCUT2D eigenvalue weighted by Gasteiger charge is 2.27. The summed E-state index contributed by atoms with van der Waals surface area (Å²) in [5.74, 6) is -1.09. The van der Waals surface area contributed by atoms with E-state index in [1.54, 1.807) is 4.90 Å². The number of nitrogens with zero attached hydrogens (tertiary/aromatic N) is 1. The van der Waals surface area contributed by atoms with Gasteiger partial charge in [0.15, 0.2) is 0 Å². The van der Waals surface area contributed by atoms with Crippen molar-refractivity contribution in [2.45, 2.75) is 26.2 Å². The fourth-order valence-electron chi connectivity index (χ4n) is 2.50. The van der Waals surface area contributed by atoms with Gasteiger partial charge in [-0.1, -0.05) is 22.9 Å². The number of aryl methyl sites for hydroxylation is 1. The lowest BCUT2D eigenvalue weighted by atomic mass is 9.97. The van der Waals surface area contributed by atoms with E-state index < -0.39 is 5.97 Å². The van der Waals surface area contributed by atoms with Crippen molar-refractivity contribution in [3.05, 3.63) is 28.2 Å². The van der Waals surface area contributed by atoms with Crippen LogP contribution in [0, 0.1) is 5.92 Å². The van der Waals surface area contributed by atoms with Crippen LogP contribution < -0.4 is 5.32 Å². The molecule has 0 saturated carbocycles. The molecule has 6 heteroatoms. The third-order valence-corrected chi connectivity index (χ3v) is 4.31. The summed E-state index contributed by atoms with van der Waals surface area (Å²) in [4.78, 5) is 24.8. The van der Waals surface area contributed by atoms with Gasteiger partial charge < -0.3 is 15.3 Å². The molecule has 114 valence electrons. The van der Waals surface area contributed by atoms with Crippen LogP contribution in [-0.2, 0) is 11.2 Å². The van der Waals surface area contributed by atoms with E-state index >= 15 is 0 Å². The molecule has 0 aliphatic carbocycles. The third kappa shape index (κ3) is 3.97. The SMILES string of the molecule is CCc1cc(Br)ccc1NC(=O)N1CCC(C(=O)O)CC1. The zero-order valence-electron chi connectivity index (χ0n) is 11.9. The van der Waals surface area contributed by atoms with E-state index in [0.717, 1.165) is 22.1 Å². The number of carbonyl (C=O) groups excluding carboxylic acids is 1. The van der Waals surface area contributed by atoms with Crippen molar-refractivity contribution in [3.63, 3.8) is 0 Å². The second-order valence-corrected chi connectivity index (χ2v) is 6.10. The Morgan fingerprint density at radius 2 is 2.05 bits per heavy atom. The number of carboxylic acids is 1. The average molecular weight is 355 g/mol. The first-order chi connectivity index (χ1) is 10.0. The number of hydrogen-bond acceptors (Lipinski definition) is 2. The second kappa shape index (κ2) is 6.93. The van der Waals surface area contributed by atoms with Crippen LogP contribution in [0.3, 0.4) is 0 Å². The first-order valence-corrected chi connectivity index (χ1v) is 7.87. The van der Waals surface area contributed by atoms with Crippen LogP contribution in [0.4, 0.5) is 10.5 Å². The summed E-state index contributed by atoms with van der Waals surface area (Å²) in [5, 5.41) is 11.9. The van der Waals surface area contributed by atoms with Gasteiger partial charge in [-0.05, 0) is 43.0 Å². The van der Waals surface area contributed by atoms with Crippen molar-refractivity contribution in [1.82, 2.24) is 4.90 Å². The van der Waals surface area contributed by atoms with Crippen molar-refractivity contribution in [1.29, 1.82) is 0 Å². The van der Waals surface area contributed by atoms with Gasteiger partial charge in [0.25, 0.3) is 0 Å². The molecule has 0 unspecified atom stereocenters. The van der Waals surface area contributed by atoms with Crippen LogP contribution in [0.15, 0.2) is 22.7 Å². The van der Waals surface area contributed by atoms with Crippen LogP contribution in [-0.4, -0.2) is 35.1 Å². The Morgan fingerprint density at radius 3 is 2.62 bits per heavy atom. The van der Waals surface area contributed by atoms with Gasteiger partial charge in [0.1, 0.15) is 0 Å². The summed E-state index contributed by atoms with van der Waals surface area (Å²) in [6, 6.07) is 5.61. The summed E-state index contributed by atoms with van der Waals surface area (Å²) >= 11 is 3.42. The molecule has 1 aromatic rings. The molecule has 2 rings (SSSR count). The van der Waals surface area contributed by atoms with E-state index in [2.05, 4.69) is 21.2 Å². The maximum absolute atomic E-state index is 12.3. The van der Waals surface area contributed by atoms with Crippen molar-refractivity contribution in [3.8, 4) is 0 Å². The molecule has 2 amide bonds. The Hall–Kier alpha value is -1.56. The highest BCUT2D eigenvalue weighted by Crippen LogP contribution is 2.23. The summed E-state index contributed by atoms with van der Waals surface area (Å²) in [7, 11) is 0. The molecule has 0 spiro atoms. The van der Waals surface area contributed by atoms with Gasteiger partial charge in [-0.3, -0.25) is 4.79 Å². The van der Waals surface area contributed by atoms with E-state index in [-0.39, 0.29) is 11.9 Å². The van der Waals surface area contributed by atoms with Crippen molar-refractivity contribution < 1.29 is 14.7 Å². The smallest absolute Gasteiger partial charge is 0.321 e. The maximum Gasteiger partial charge on any atom is 0.321 e. The summed E-state index contributed by atoms with van der Waals surface area (Å²) in [5.41, 5.74) is 1.88. The molecule has 1 saturated heterocycles. The zero-order valence-corrected chi connectivity index (χ0v) is 13.5. The van der Waals surface area contributed by atoms with E-state index in [4.69, 9.17) is 5.11 Å². The fourth-order valence-corrected chi connectivity index (χ4v) is 2.91. The largest absolute Gasteiger partial charge is 0.481 e. The van der Waals surface area contributed by atoms with Gasteiger partial charge in [0.2, 0.25) is 0 Å². The van der Waals surface area contributed by atoms with Gasteiger partial charge in [-0.2, -0.15) is 0 Å². The topological polar surface area (TPSA) is 69.6 Å². The summed E-state index contributed by atoms with van der Waals surface area (Å²) in [6.45, 7) is 3.01. The molecular formula is C15H19BrN2O3. The highest BCUT2D eigenvalue weighted by molar-refractivity contribution is 9.10. The Balaban J connectivity index is 1.98. The zero-order chi connectivity index (χ0) is 15.4. The highest BCUT2D eigenvalue weighted by atomic mass is 79.9. The number of urea groups is 1. The van der Waals surface area contributed by atoms with Gasteiger partial charge in [0, 0.05) is 23.2 Å². The van der Waals surface area contributed by atoms with E-state index in [1.165, 1.54) is 0 Å². The maximum atomic E-state index is 12.3. The molecule has 0 bridgehead atoms. The third-order valence-electron chi connectivity index (χ3n) is 3.82. The predicted octanol–water partition coefficient (Wildman–Crippen LogP) is 3.34. The minimum Gasteiger partial charge on any atom is -0.481 e. The molecule has 1 aromatic carbocycles. The second-order valence-electron chi connectivity index (χ2n) is 5.18. The molecular weight excluding hydrogens is 336 g/mol. The number of piperidine rings is 1. The van der Waals surface area contributed by atoms with Crippen molar-refractivity contribution in [2.75, 3.05) is 18.4 Å². The summed E-state index contributed by atoms with van der Waals surface area (Å²) in [6.07, 6.45) is 1.86. The minimum absolute atomic E-state index is 0.157. The lowest BCUT2D eigenvalue weighted by Crippen LogP contribution is -2.42. The lowest BCUT2D eigenvalue weighted by Gasteiger charge is -2.30. The molecule has 1 aliphatic heterocycles. The molecule has 2 N–H and O–H groups in total. The first kappa shape index (κ1) is 15.8. The average Bonchev–Trinajstić information content (AvgIpc) is 2.49. The van der Waals surface area contributed by atoms with Gasteiger partial charge in [0.05, 0.1) is 5.92 Å². The number of carbonyl (C=O) groups is 2. The van der Waals surface area contributed by atoms with Crippen LogP contribution in [0.1, 0.15) is 25.3 Å². The van der Waals surface area contributed by atoms with Crippen LogP contribution >= 0.6 is 15.9 Å². The number of likely N-dealkylation sites (tertiary alicyclic amines) is 1. The van der Waals surface area contributed by atoms with Crippen LogP contribution in [0.25, 0.3) is 0 Å². The molecule has 0 aromatic heterocycles. The Morgan fingerprint density at radius 1 is 1.38 bits per heavy atom. The summed E-state index contributed by atoms with van der Waals surface area (Å²) < 4.78 is 0.986. The fraction of sp³-hybridized carbons (Fsp3) is 0.467. The number of amides is 2. The first-order valence-electron chi connectivity index (χ1n) is 7.08. The predicted molar refractivity (Wildman–Crippen MR) is 84.5 cm³/mol. The Kier molecular flexibility index (Phi) is 5.22. The van der Waals surface area contributed by atoms with Gasteiger partial charge >= 0.3 is 12.0 Å². The molecule has 5 nitrogen and oxygen atoms in total. The standard InChI is InChI=1S/C15H19BrN2O3/c1-2-10-9-12(16)3-4-13(10)17-15(21)18-7-5-11(6-8-18)14(19)20/h3-4,9,11H,2,5-8H2,1H3,(H,17,21)(H,19,20). The van der Waals surface area contributed by atoms with E-state index in [0.29, 0.717) is 25.9 Å². The quantitative estimate of drug-likeness (QED) is 0.874. The van der Waals surface area contributed by atoms with Crippen molar-refractivity contribution >= 4 is 33.6 Å². The number of halogens is 1. The normalized spacial score (nSPS) is 15.8. The van der Waals surface area contributed by atoms with Crippen molar-refractivity contribution in [2.24, 2.45) is 5.92 Å². The number of carboxylic acid groups (broad SMARTS) is 1. The number of hydrogen-bond donors (Lipinski definition) is 2. The lowest BCUT2D eigenvalue weighted by molar-refractivity contribution is -0.143. The van der Waals surface area contributed by atoms with E-state index in [9.17, 15) is 9.59 Å². The van der Waals surface area contributed by atoms with Crippen LogP contribution in [0.5, 0.6) is 0 Å². The molecule has 0 atom stereocenters. The minimum atomic E-state index is -0.767. The Labute approximate surface area is 132 Å². The molecule has 1 heterocycles. The van der Waals surface area contributed by atoms with E-state index in [1.807, 2.05) is 25.1 Å². The number of rotatable bonds is 3. The molecule has 0 radical (unpaired) electrons.